The molecule has 3 rings (SSSR count). The van der Waals surface area contributed by atoms with Crippen LogP contribution in [0.3, 0.4) is 0 Å². The first-order valence-electron chi connectivity index (χ1n) is 15.1. The number of rotatable bonds is 18. The Morgan fingerprint density at radius 2 is 0.977 bits per heavy atom. The Morgan fingerprint density at radius 3 is 1.50 bits per heavy atom. The minimum Gasteiger partial charge on any atom is -0.396 e. The summed E-state index contributed by atoms with van der Waals surface area (Å²) >= 11 is 0. The van der Waals surface area contributed by atoms with Crippen LogP contribution in [-0.2, 0) is 11.2 Å². The van der Waals surface area contributed by atoms with E-state index in [1.165, 1.54) is 0 Å². The molecule has 0 saturated carbocycles. The van der Waals surface area contributed by atoms with Crippen molar-refractivity contribution in [3.63, 3.8) is 0 Å². The molecule has 0 aromatic heterocycles. The molecule has 0 fully saturated rings. The van der Waals surface area contributed by atoms with E-state index in [1.807, 2.05) is 12.1 Å². The third kappa shape index (κ3) is 12.4. The molecule has 44 heavy (non-hydrogen) atoms. The van der Waals surface area contributed by atoms with Crippen LogP contribution < -0.4 is 21.3 Å². The number of ketones is 1. The number of hydrogen-bond donors (Lipinski definition) is 6. The van der Waals surface area contributed by atoms with E-state index in [2.05, 4.69) is 21.3 Å². The van der Waals surface area contributed by atoms with E-state index >= 15 is 0 Å². The summed E-state index contributed by atoms with van der Waals surface area (Å²) in [6.45, 7) is 0.855. The van der Waals surface area contributed by atoms with Crippen molar-refractivity contribution in [1.82, 2.24) is 5.32 Å². The fourth-order valence-corrected chi connectivity index (χ4v) is 4.42. The van der Waals surface area contributed by atoms with E-state index < -0.39 is 0 Å². The molecule has 6 N–H and O–H groups in total. The number of benzene rings is 3. The van der Waals surface area contributed by atoms with Crippen LogP contribution in [-0.4, -0.2) is 53.6 Å². The van der Waals surface area contributed by atoms with Crippen LogP contribution in [0.5, 0.6) is 0 Å². The number of urea groups is 1. The van der Waals surface area contributed by atoms with Gasteiger partial charge in [0, 0.05) is 60.8 Å². The Hall–Kier alpha value is -4.54. The summed E-state index contributed by atoms with van der Waals surface area (Å²) in [5, 5.41) is 28.7. The number of amides is 4. The first-order chi connectivity index (χ1) is 21.4. The maximum atomic E-state index is 12.7. The fourth-order valence-electron chi connectivity index (χ4n) is 4.42. The van der Waals surface area contributed by atoms with Crippen LogP contribution >= 0.6 is 0 Å². The number of Topliss-reactive ketones (excluding diaryl/α,β-unsaturated/α-hetero) is 1. The molecule has 10 nitrogen and oxygen atoms in total. The van der Waals surface area contributed by atoms with Gasteiger partial charge in [-0.2, -0.15) is 0 Å². The number of anilines is 3. The summed E-state index contributed by atoms with van der Waals surface area (Å²) < 4.78 is 0. The van der Waals surface area contributed by atoms with Crippen LogP contribution in [0.4, 0.5) is 21.9 Å². The monoisotopic (exact) mass is 602 g/mol. The van der Waals surface area contributed by atoms with Crippen molar-refractivity contribution in [2.45, 2.75) is 57.8 Å². The molecule has 10 heteroatoms. The molecule has 0 aliphatic heterocycles. The summed E-state index contributed by atoms with van der Waals surface area (Å²) in [4.78, 5) is 49.6. The van der Waals surface area contributed by atoms with Gasteiger partial charge in [-0.15, -0.1) is 0 Å². The average molecular weight is 603 g/mol. The topological polar surface area (TPSA) is 157 Å². The molecular weight excluding hydrogens is 560 g/mol. The van der Waals surface area contributed by atoms with Crippen LogP contribution in [0.25, 0.3) is 0 Å². The molecule has 0 unspecified atom stereocenters. The van der Waals surface area contributed by atoms with E-state index in [4.69, 9.17) is 10.2 Å². The van der Waals surface area contributed by atoms with Crippen molar-refractivity contribution in [2.24, 2.45) is 0 Å². The molecule has 0 bridgehead atoms. The fraction of sp³-hybridized carbons (Fsp3) is 0.353. The van der Waals surface area contributed by atoms with E-state index in [0.29, 0.717) is 54.0 Å². The predicted molar refractivity (Wildman–Crippen MR) is 172 cm³/mol. The maximum Gasteiger partial charge on any atom is 0.319 e. The van der Waals surface area contributed by atoms with Gasteiger partial charge < -0.3 is 31.5 Å². The summed E-state index contributed by atoms with van der Waals surface area (Å²) in [6.07, 6.45) is 6.69. The number of carbonyl (C=O) groups excluding carboxylic acids is 4. The number of hydrogen-bond acceptors (Lipinski definition) is 6. The molecule has 4 amide bonds. The summed E-state index contributed by atoms with van der Waals surface area (Å²) in [5.74, 6) is -0.486. The van der Waals surface area contributed by atoms with Crippen molar-refractivity contribution in [3.8, 4) is 0 Å². The Labute approximate surface area is 258 Å². The van der Waals surface area contributed by atoms with Crippen molar-refractivity contribution in [3.05, 3.63) is 89.5 Å². The van der Waals surface area contributed by atoms with Gasteiger partial charge in [0.05, 0.1) is 0 Å². The van der Waals surface area contributed by atoms with Gasteiger partial charge in [0.1, 0.15) is 5.78 Å². The predicted octanol–water partition coefficient (Wildman–Crippen LogP) is 5.53. The van der Waals surface area contributed by atoms with Gasteiger partial charge in [-0.3, -0.25) is 14.4 Å². The van der Waals surface area contributed by atoms with Crippen LogP contribution in [0.1, 0.15) is 77.6 Å². The molecule has 0 heterocycles. The SMILES string of the molecule is O=C(CCCCCCO)Cc1ccc(NC(=O)c2ccc(C(=O)Nc3ccc(NC(=O)NCCCCCO)cc3)cc2)cc1. The molecule has 3 aromatic carbocycles. The molecule has 0 saturated heterocycles. The Balaban J connectivity index is 1.42. The Bertz CT molecular complexity index is 1240. The molecule has 0 radical (unpaired) electrons. The van der Waals surface area contributed by atoms with E-state index in [9.17, 15) is 19.2 Å². The first kappa shape index (κ1) is 34.0. The van der Waals surface area contributed by atoms with Crippen molar-refractivity contribution < 1.29 is 29.4 Å². The lowest BCUT2D eigenvalue weighted by Gasteiger charge is -2.10. The lowest BCUT2D eigenvalue weighted by atomic mass is 10.0. The molecule has 0 aliphatic rings. The zero-order chi connectivity index (χ0) is 31.6. The zero-order valence-electron chi connectivity index (χ0n) is 24.9. The second-order valence-corrected chi connectivity index (χ2v) is 10.5. The van der Waals surface area contributed by atoms with E-state index in [0.717, 1.165) is 44.1 Å². The minimum atomic E-state index is -0.339. The second kappa shape index (κ2) is 18.9. The first-order valence-corrected chi connectivity index (χ1v) is 15.1. The summed E-state index contributed by atoms with van der Waals surface area (Å²) in [5.41, 5.74) is 3.39. The van der Waals surface area contributed by atoms with Crippen LogP contribution in [0, 0.1) is 0 Å². The van der Waals surface area contributed by atoms with Gasteiger partial charge >= 0.3 is 6.03 Å². The summed E-state index contributed by atoms with van der Waals surface area (Å²) in [6, 6.07) is 19.9. The molecule has 234 valence electrons. The molecule has 0 spiro atoms. The van der Waals surface area contributed by atoms with E-state index in [-0.39, 0.29) is 36.8 Å². The number of nitrogens with one attached hydrogen (secondary N) is 4. The molecule has 0 atom stereocenters. The highest BCUT2D eigenvalue weighted by Gasteiger charge is 2.11. The van der Waals surface area contributed by atoms with Crippen molar-refractivity contribution >= 4 is 40.7 Å². The van der Waals surface area contributed by atoms with Gasteiger partial charge in [0.2, 0.25) is 0 Å². The van der Waals surface area contributed by atoms with E-state index in [1.54, 1.807) is 60.7 Å². The standard InChI is InChI=1S/C34H42N4O6/c39-22-6-2-1-4-8-31(41)24-25-9-15-28(16-10-25)36-32(42)26-11-13-27(14-12-26)33(43)37-29-17-19-30(20-18-29)38-34(44)35-21-5-3-7-23-40/h9-20,39-40H,1-8,21-24H2,(H,36,42)(H,37,43)(H2,35,38,44). The molecule has 3 aromatic rings. The molecule has 0 aliphatic carbocycles. The van der Waals surface area contributed by atoms with Crippen LogP contribution in [0.2, 0.25) is 0 Å². The third-order valence-corrected chi connectivity index (χ3v) is 6.91. The number of aliphatic hydroxyl groups excluding tert-OH is 2. The highest BCUT2D eigenvalue weighted by atomic mass is 16.3. The lowest BCUT2D eigenvalue weighted by Crippen LogP contribution is -2.29. The van der Waals surface area contributed by atoms with Gasteiger partial charge in [-0.25, -0.2) is 4.79 Å². The van der Waals surface area contributed by atoms with Crippen LogP contribution in [0.15, 0.2) is 72.8 Å². The van der Waals surface area contributed by atoms with Crippen molar-refractivity contribution in [2.75, 3.05) is 35.7 Å². The number of carbonyl (C=O) groups is 4. The average Bonchev–Trinajstić information content (AvgIpc) is 3.03. The normalized spacial score (nSPS) is 10.6. The number of unbranched alkanes of at least 4 members (excludes halogenated alkanes) is 5. The number of aliphatic hydroxyl groups is 2. The zero-order valence-corrected chi connectivity index (χ0v) is 24.9. The quantitative estimate of drug-likeness (QED) is 0.105. The second-order valence-electron chi connectivity index (χ2n) is 10.5. The van der Waals surface area contributed by atoms with Gasteiger partial charge in [0.25, 0.3) is 11.8 Å². The smallest absolute Gasteiger partial charge is 0.319 e. The Kier molecular flexibility index (Phi) is 14.6. The largest absolute Gasteiger partial charge is 0.396 e. The maximum absolute atomic E-state index is 12.7. The van der Waals surface area contributed by atoms with Gasteiger partial charge in [-0.05, 0) is 98.3 Å². The summed E-state index contributed by atoms with van der Waals surface area (Å²) in [7, 11) is 0. The molecular formula is C34H42N4O6. The van der Waals surface area contributed by atoms with Gasteiger partial charge in [0.15, 0.2) is 0 Å². The third-order valence-electron chi connectivity index (χ3n) is 6.91. The Morgan fingerprint density at radius 1 is 0.523 bits per heavy atom. The minimum absolute atomic E-state index is 0.148. The lowest BCUT2D eigenvalue weighted by molar-refractivity contribution is -0.118. The van der Waals surface area contributed by atoms with Crippen molar-refractivity contribution in [1.29, 1.82) is 0 Å². The highest BCUT2D eigenvalue weighted by molar-refractivity contribution is 6.07. The highest BCUT2D eigenvalue weighted by Crippen LogP contribution is 2.17. The van der Waals surface area contributed by atoms with Gasteiger partial charge in [-0.1, -0.05) is 25.0 Å².